The Bertz CT molecular complexity index is 635. The minimum absolute atomic E-state index is 0.134. The number of benzene rings is 1. The SMILES string of the molecule is Cc1cc(NCCC(=O)NC2CC2)c2ccccc2n1. The Morgan fingerprint density at radius 3 is 2.95 bits per heavy atom. The summed E-state index contributed by atoms with van der Waals surface area (Å²) in [6, 6.07) is 10.5. The van der Waals surface area contributed by atoms with Gasteiger partial charge < -0.3 is 10.6 Å². The number of hydrogen-bond donors (Lipinski definition) is 2. The molecule has 0 spiro atoms. The molecule has 0 unspecified atom stereocenters. The lowest BCUT2D eigenvalue weighted by Crippen LogP contribution is -2.27. The first-order valence-corrected chi connectivity index (χ1v) is 7.12. The summed E-state index contributed by atoms with van der Waals surface area (Å²) in [5, 5.41) is 7.45. The molecule has 1 aromatic heterocycles. The van der Waals surface area contributed by atoms with E-state index in [1.165, 1.54) is 0 Å². The Labute approximate surface area is 118 Å². The summed E-state index contributed by atoms with van der Waals surface area (Å²) < 4.78 is 0. The molecule has 4 nitrogen and oxygen atoms in total. The maximum absolute atomic E-state index is 11.7. The number of fused-ring (bicyclic) bond motifs is 1. The second-order valence-corrected chi connectivity index (χ2v) is 5.35. The van der Waals surface area contributed by atoms with Gasteiger partial charge in [-0.3, -0.25) is 9.78 Å². The summed E-state index contributed by atoms with van der Waals surface area (Å²) in [6.07, 6.45) is 2.77. The highest BCUT2D eigenvalue weighted by Gasteiger charge is 2.22. The molecule has 1 amide bonds. The molecule has 3 rings (SSSR count). The van der Waals surface area contributed by atoms with Crippen LogP contribution in [-0.2, 0) is 4.79 Å². The van der Waals surface area contributed by atoms with Gasteiger partial charge in [0.25, 0.3) is 0 Å². The number of pyridine rings is 1. The second kappa shape index (κ2) is 5.49. The molecule has 1 aliphatic carbocycles. The average molecular weight is 269 g/mol. The molecule has 1 heterocycles. The molecule has 2 N–H and O–H groups in total. The topological polar surface area (TPSA) is 54.0 Å². The van der Waals surface area contributed by atoms with Gasteiger partial charge in [0.2, 0.25) is 5.91 Å². The lowest BCUT2D eigenvalue weighted by molar-refractivity contribution is -0.120. The summed E-state index contributed by atoms with van der Waals surface area (Å²) >= 11 is 0. The third kappa shape index (κ3) is 3.07. The number of carbonyl (C=O) groups excluding carboxylic acids is 1. The van der Waals surface area contributed by atoms with Gasteiger partial charge in [-0.15, -0.1) is 0 Å². The summed E-state index contributed by atoms with van der Waals surface area (Å²) in [5.74, 6) is 0.134. The molecule has 1 saturated carbocycles. The monoisotopic (exact) mass is 269 g/mol. The standard InChI is InChI=1S/C16H19N3O/c1-11-10-15(13-4-2-3-5-14(13)18-11)17-9-8-16(20)19-12-6-7-12/h2-5,10,12H,6-9H2,1H3,(H,17,18)(H,19,20). The first-order chi connectivity index (χ1) is 9.72. The molecule has 0 aliphatic heterocycles. The number of para-hydroxylation sites is 1. The van der Waals surface area contributed by atoms with Crippen molar-refractivity contribution >= 4 is 22.5 Å². The molecule has 104 valence electrons. The Morgan fingerprint density at radius 1 is 1.35 bits per heavy atom. The predicted molar refractivity (Wildman–Crippen MR) is 80.8 cm³/mol. The fourth-order valence-electron chi connectivity index (χ4n) is 2.29. The van der Waals surface area contributed by atoms with E-state index in [1.54, 1.807) is 0 Å². The average Bonchev–Trinajstić information content (AvgIpc) is 3.22. The van der Waals surface area contributed by atoms with Crippen molar-refractivity contribution in [2.45, 2.75) is 32.2 Å². The molecule has 1 aromatic carbocycles. The van der Waals surface area contributed by atoms with Crippen molar-refractivity contribution in [1.29, 1.82) is 0 Å². The third-order valence-electron chi connectivity index (χ3n) is 3.45. The highest BCUT2D eigenvalue weighted by molar-refractivity contribution is 5.91. The maximum Gasteiger partial charge on any atom is 0.221 e. The molecular formula is C16H19N3O. The zero-order valence-electron chi connectivity index (χ0n) is 11.6. The Balaban J connectivity index is 1.65. The smallest absolute Gasteiger partial charge is 0.221 e. The Morgan fingerprint density at radius 2 is 2.15 bits per heavy atom. The summed E-state index contributed by atoms with van der Waals surface area (Å²) in [6.45, 7) is 2.63. The molecule has 1 aliphatic rings. The van der Waals surface area contributed by atoms with Crippen molar-refractivity contribution < 1.29 is 4.79 Å². The largest absolute Gasteiger partial charge is 0.384 e. The molecule has 20 heavy (non-hydrogen) atoms. The van der Waals surface area contributed by atoms with Gasteiger partial charge >= 0.3 is 0 Å². The summed E-state index contributed by atoms with van der Waals surface area (Å²) in [5.41, 5.74) is 3.01. The Hall–Kier alpha value is -2.10. The van der Waals surface area contributed by atoms with Crippen molar-refractivity contribution in [2.24, 2.45) is 0 Å². The molecule has 1 fully saturated rings. The molecule has 0 atom stereocenters. The molecule has 0 bridgehead atoms. The van der Waals surface area contributed by atoms with Crippen LogP contribution in [0.3, 0.4) is 0 Å². The quantitative estimate of drug-likeness (QED) is 0.877. The fourth-order valence-corrected chi connectivity index (χ4v) is 2.29. The van der Waals surface area contributed by atoms with E-state index in [-0.39, 0.29) is 5.91 Å². The van der Waals surface area contributed by atoms with E-state index in [4.69, 9.17) is 0 Å². The van der Waals surface area contributed by atoms with E-state index in [0.29, 0.717) is 19.0 Å². The van der Waals surface area contributed by atoms with E-state index in [2.05, 4.69) is 15.6 Å². The molecular weight excluding hydrogens is 250 g/mol. The van der Waals surface area contributed by atoms with E-state index < -0.39 is 0 Å². The van der Waals surface area contributed by atoms with Gasteiger partial charge in [0.05, 0.1) is 5.52 Å². The molecule has 4 heteroatoms. The number of carbonyl (C=O) groups is 1. The molecule has 0 saturated heterocycles. The fraction of sp³-hybridized carbons (Fsp3) is 0.375. The van der Waals surface area contributed by atoms with Crippen LogP contribution in [0, 0.1) is 6.92 Å². The lowest BCUT2D eigenvalue weighted by atomic mass is 10.1. The zero-order chi connectivity index (χ0) is 13.9. The van der Waals surface area contributed by atoms with E-state index in [0.717, 1.165) is 35.1 Å². The third-order valence-corrected chi connectivity index (χ3v) is 3.45. The van der Waals surface area contributed by atoms with Gasteiger partial charge in [-0.1, -0.05) is 18.2 Å². The van der Waals surface area contributed by atoms with Crippen LogP contribution in [0.4, 0.5) is 5.69 Å². The minimum atomic E-state index is 0.134. The second-order valence-electron chi connectivity index (χ2n) is 5.35. The number of amides is 1. The maximum atomic E-state index is 11.7. The van der Waals surface area contributed by atoms with Gasteiger partial charge in [-0.2, -0.15) is 0 Å². The number of nitrogens with zero attached hydrogens (tertiary/aromatic N) is 1. The van der Waals surface area contributed by atoms with Crippen LogP contribution in [0.25, 0.3) is 10.9 Å². The number of anilines is 1. The van der Waals surface area contributed by atoms with Gasteiger partial charge in [0, 0.05) is 35.8 Å². The van der Waals surface area contributed by atoms with Gasteiger partial charge in [-0.05, 0) is 31.9 Å². The highest BCUT2D eigenvalue weighted by atomic mass is 16.1. The minimum Gasteiger partial charge on any atom is -0.384 e. The Kier molecular flexibility index (Phi) is 3.54. The zero-order valence-corrected chi connectivity index (χ0v) is 11.6. The first kappa shape index (κ1) is 12.9. The van der Waals surface area contributed by atoms with Crippen molar-refractivity contribution in [3.8, 4) is 0 Å². The first-order valence-electron chi connectivity index (χ1n) is 7.12. The van der Waals surface area contributed by atoms with Crippen LogP contribution >= 0.6 is 0 Å². The van der Waals surface area contributed by atoms with E-state index in [1.807, 2.05) is 37.3 Å². The number of rotatable bonds is 5. The number of nitrogens with one attached hydrogen (secondary N) is 2. The number of aryl methyl sites for hydroxylation is 1. The van der Waals surface area contributed by atoms with Crippen LogP contribution < -0.4 is 10.6 Å². The van der Waals surface area contributed by atoms with Gasteiger partial charge in [0.1, 0.15) is 0 Å². The van der Waals surface area contributed by atoms with Crippen molar-refractivity contribution in [2.75, 3.05) is 11.9 Å². The summed E-state index contributed by atoms with van der Waals surface area (Å²) in [4.78, 5) is 16.2. The van der Waals surface area contributed by atoms with Gasteiger partial charge in [-0.25, -0.2) is 0 Å². The number of hydrogen-bond acceptors (Lipinski definition) is 3. The molecule has 0 radical (unpaired) electrons. The van der Waals surface area contributed by atoms with Crippen LogP contribution in [0.15, 0.2) is 30.3 Å². The molecule has 2 aromatic rings. The van der Waals surface area contributed by atoms with E-state index >= 15 is 0 Å². The van der Waals surface area contributed by atoms with Crippen molar-refractivity contribution in [3.63, 3.8) is 0 Å². The van der Waals surface area contributed by atoms with Gasteiger partial charge in [0.15, 0.2) is 0 Å². The number of aromatic nitrogens is 1. The van der Waals surface area contributed by atoms with Crippen molar-refractivity contribution in [3.05, 3.63) is 36.0 Å². The lowest BCUT2D eigenvalue weighted by Gasteiger charge is -2.10. The van der Waals surface area contributed by atoms with Crippen LogP contribution in [0.2, 0.25) is 0 Å². The van der Waals surface area contributed by atoms with Crippen LogP contribution in [0.5, 0.6) is 0 Å². The normalized spacial score (nSPS) is 14.2. The van der Waals surface area contributed by atoms with Crippen molar-refractivity contribution in [1.82, 2.24) is 10.3 Å². The highest BCUT2D eigenvalue weighted by Crippen LogP contribution is 2.23. The van der Waals surface area contributed by atoms with Crippen LogP contribution in [0.1, 0.15) is 25.0 Å². The van der Waals surface area contributed by atoms with E-state index in [9.17, 15) is 4.79 Å². The summed E-state index contributed by atoms with van der Waals surface area (Å²) in [7, 11) is 0. The van der Waals surface area contributed by atoms with Crippen LogP contribution in [-0.4, -0.2) is 23.5 Å². The predicted octanol–water partition coefficient (Wildman–Crippen LogP) is 2.62.